The number of nitrogens with zero attached hydrogens (tertiary/aromatic N) is 2. The highest BCUT2D eigenvalue weighted by Gasteiger charge is 2.48. The number of carbonyl (C=O) groups is 3. The van der Waals surface area contributed by atoms with Crippen molar-refractivity contribution < 1.29 is 19.0 Å². The van der Waals surface area contributed by atoms with Crippen molar-refractivity contribution in [3.05, 3.63) is 47.4 Å². The quantitative estimate of drug-likeness (QED) is 0.511. The number of hydrogen-bond acceptors (Lipinski definition) is 4. The number of thioether (sulfide) groups is 1. The van der Waals surface area contributed by atoms with Gasteiger partial charge in [-0.3, -0.25) is 4.79 Å². The normalized spacial score (nSPS) is 18.6. The van der Waals surface area contributed by atoms with Gasteiger partial charge in [0.1, 0.15) is 5.71 Å². The number of fused-ring (bicyclic) bond motifs is 1. The Morgan fingerprint density at radius 2 is 2.00 bits per heavy atom. The van der Waals surface area contributed by atoms with Gasteiger partial charge in [0.2, 0.25) is 0 Å². The summed E-state index contributed by atoms with van der Waals surface area (Å²) in [6.07, 6.45) is 5.15. The highest BCUT2D eigenvalue weighted by atomic mass is 32.2. The van der Waals surface area contributed by atoms with Crippen LogP contribution in [0.1, 0.15) is 31.7 Å². The first-order valence-corrected chi connectivity index (χ1v) is 10.7. The maximum Gasteiger partial charge on any atom is 0.501 e. The van der Waals surface area contributed by atoms with E-state index in [1.165, 1.54) is 26.8 Å². The van der Waals surface area contributed by atoms with Crippen LogP contribution < -0.4 is 5.32 Å². The van der Waals surface area contributed by atoms with Gasteiger partial charge in [-0.25, -0.2) is 4.79 Å². The zero-order chi connectivity index (χ0) is 19.9. The summed E-state index contributed by atoms with van der Waals surface area (Å²) in [7, 11) is 0. The smallest absolute Gasteiger partial charge is 0.353 e. The highest BCUT2D eigenvalue weighted by Crippen LogP contribution is 2.27. The minimum absolute atomic E-state index is 0.0587. The summed E-state index contributed by atoms with van der Waals surface area (Å²) < 4.78 is 1.45. The van der Waals surface area contributed by atoms with Gasteiger partial charge < -0.3 is 5.32 Å². The van der Waals surface area contributed by atoms with E-state index in [1.54, 1.807) is 6.08 Å². The van der Waals surface area contributed by atoms with Crippen molar-refractivity contribution in [2.45, 2.75) is 37.9 Å². The third kappa shape index (κ3) is 4.70. The second-order valence-electron chi connectivity index (χ2n) is 6.89. The molecule has 0 saturated heterocycles. The molecule has 4 amide bonds. The Balaban J connectivity index is 1.58. The molecule has 7 heteroatoms. The first-order chi connectivity index (χ1) is 13.6. The molecule has 1 N–H and O–H groups in total. The van der Waals surface area contributed by atoms with Crippen LogP contribution in [0.15, 0.2) is 41.8 Å². The Morgan fingerprint density at radius 3 is 2.75 bits per heavy atom. The average Bonchev–Trinajstić information content (AvgIpc) is 3.19. The number of amides is 4. The number of unbranched alkanes of at least 4 members (excludes halogenated alkanes) is 1. The van der Waals surface area contributed by atoms with Crippen molar-refractivity contribution in [3.63, 3.8) is 0 Å². The molecule has 0 radical (unpaired) electrons. The molecule has 2 aliphatic heterocycles. The molecule has 0 saturated carbocycles. The first kappa shape index (κ1) is 20.3. The topological polar surface area (TPSA) is 69.5 Å². The fraction of sp³-hybridized carbons (Fsp3) is 0.429. The summed E-state index contributed by atoms with van der Waals surface area (Å²) >= 11 is 1.39. The minimum Gasteiger partial charge on any atom is -0.353 e. The lowest BCUT2D eigenvalue weighted by Crippen LogP contribution is -2.56. The summed E-state index contributed by atoms with van der Waals surface area (Å²) in [5, 5.41) is 4.29. The van der Waals surface area contributed by atoms with Crippen molar-refractivity contribution in [2.24, 2.45) is 0 Å². The highest BCUT2D eigenvalue weighted by molar-refractivity contribution is 8.04. The van der Waals surface area contributed by atoms with Crippen LogP contribution in [0.4, 0.5) is 4.79 Å². The number of benzene rings is 1. The van der Waals surface area contributed by atoms with Crippen molar-refractivity contribution >= 4 is 35.3 Å². The maximum atomic E-state index is 12.8. The zero-order valence-corrected chi connectivity index (χ0v) is 16.9. The molecule has 0 bridgehead atoms. The molecule has 28 heavy (non-hydrogen) atoms. The Morgan fingerprint density at radius 1 is 1.21 bits per heavy atom. The summed E-state index contributed by atoms with van der Waals surface area (Å²) in [6, 6.07) is 9.73. The van der Waals surface area contributed by atoms with Gasteiger partial charge in [-0.05, 0) is 36.3 Å². The van der Waals surface area contributed by atoms with Crippen LogP contribution in [0.2, 0.25) is 0 Å². The molecule has 1 unspecified atom stereocenters. The van der Waals surface area contributed by atoms with Gasteiger partial charge in [-0.1, -0.05) is 43.7 Å². The van der Waals surface area contributed by atoms with Gasteiger partial charge >= 0.3 is 11.9 Å². The Kier molecular flexibility index (Phi) is 7.03. The third-order valence-electron chi connectivity index (χ3n) is 4.83. The van der Waals surface area contributed by atoms with E-state index in [1.807, 2.05) is 30.5 Å². The van der Waals surface area contributed by atoms with Gasteiger partial charge in [0.25, 0.3) is 5.91 Å². The lowest BCUT2D eigenvalue weighted by atomic mass is 10.1. The minimum atomic E-state index is -0.416. The zero-order valence-electron chi connectivity index (χ0n) is 16.1. The second-order valence-corrected chi connectivity index (χ2v) is 7.91. The number of allylic oxidation sites excluding steroid dienone is 1. The number of hydrogen-bond donors (Lipinski definition) is 1. The second kappa shape index (κ2) is 9.68. The van der Waals surface area contributed by atoms with Gasteiger partial charge in [0, 0.05) is 6.54 Å². The van der Waals surface area contributed by atoms with Gasteiger partial charge in [-0.2, -0.15) is 14.3 Å². The van der Waals surface area contributed by atoms with Gasteiger partial charge in [0.05, 0.1) is 6.54 Å². The van der Waals surface area contributed by atoms with E-state index >= 15 is 0 Å². The molecule has 3 rings (SSSR count). The van der Waals surface area contributed by atoms with Crippen LogP contribution in [0.25, 0.3) is 0 Å². The molecular formula is C21H26N3O3S+. The van der Waals surface area contributed by atoms with Crippen LogP contribution in [0.5, 0.6) is 0 Å². The molecule has 1 aromatic rings. The van der Waals surface area contributed by atoms with E-state index < -0.39 is 11.3 Å². The van der Waals surface area contributed by atoms with E-state index in [-0.39, 0.29) is 18.4 Å². The van der Waals surface area contributed by atoms with Crippen LogP contribution in [-0.2, 0) is 16.0 Å². The number of urea groups is 1. The Labute approximate surface area is 169 Å². The van der Waals surface area contributed by atoms with Crippen LogP contribution in [0.3, 0.4) is 0 Å². The standard InChI is InChI=1S/C21H25N3O3S/c1-2-3-13-23-20(26)19-17(11-14-28-19)24(21(23)27)15-18(25)22-12-7-10-16-8-5-4-6-9-16/h4-6,8-9,11,14,19H,2-3,7,10,12-13,15H2,1H3/p+1. The summed E-state index contributed by atoms with van der Waals surface area (Å²) in [4.78, 5) is 39.1. The molecule has 2 heterocycles. The summed E-state index contributed by atoms with van der Waals surface area (Å²) in [5.41, 5.74) is 1.85. The van der Waals surface area contributed by atoms with E-state index in [4.69, 9.17) is 0 Å². The van der Waals surface area contributed by atoms with E-state index in [9.17, 15) is 14.4 Å². The average molecular weight is 401 g/mol. The third-order valence-corrected chi connectivity index (χ3v) is 5.84. The molecule has 0 aromatic heterocycles. The molecule has 0 spiro atoms. The van der Waals surface area contributed by atoms with Crippen LogP contribution >= 0.6 is 11.8 Å². The molecule has 2 aliphatic rings. The van der Waals surface area contributed by atoms with E-state index in [0.29, 0.717) is 18.8 Å². The fourth-order valence-corrected chi connectivity index (χ4v) is 4.26. The molecule has 148 valence electrons. The number of carbonyl (C=O) groups excluding carboxylic acids is 3. The van der Waals surface area contributed by atoms with E-state index in [2.05, 4.69) is 17.4 Å². The van der Waals surface area contributed by atoms with Crippen molar-refractivity contribution in [2.75, 3.05) is 19.6 Å². The predicted molar refractivity (Wildman–Crippen MR) is 110 cm³/mol. The number of rotatable bonds is 9. The molecular weight excluding hydrogens is 374 g/mol. The Bertz CT molecular complexity index is 804. The first-order valence-electron chi connectivity index (χ1n) is 9.74. The maximum absolute atomic E-state index is 12.8. The van der Waals surface area contributed by atoms with Crippen molar-refractivity contribution in [3.8, 4) is 0 Å². The Hall–Kier alpha value is -2.41. The lowest BCUT2D eigenvalue weighted by Gasteiger charge is -2.24. The van der Waals surface area contributed by atoms with Crippen molar-refractivity contribution in [1.29, 1.82) is 0 Å². The summed E-state index contributed by atoms with van der Waals surface area (Å²) in [5.74, 6) is -0.384. The number of imide groups is 1. The van der Waals surface area contributed by atoms with Gasteiger partial charge in [-0.15, -0.1) is 11.8 Å². The molecule has 1 atom stereocenters. The van der Waals surface area contributed by atoms with Crippen LogP contribution in [-0.4, -0.2) is 57.9 Å². The van der Waals surface area contributed by atoms with E-state index in [0.717, 1.165) is 25.7 Å². The van der Waals surface area contributed by atoms with Gasteiger partial charge in [0.15, 0.2) is 11.8 Å². The van der Waals surface area contributed by atoms with Crippen molar-refractivity contribution in [1.82, 2.24) is 10.2 Å². The number of aryl methyl sites for hydroxylation is 1. The predicted octanol–water partition coefficient (Wildman–Crippen LogP) is 2.58. The largest absolute Gasteiger partial charge is 0.501 e. The van der Waals surface area contributed by atoms with Crippen LogP contribution in [0, 0.1) is 0 Å². The fourth-order valence-electron chi connectivity index (χ4n) is 3.30. The summed E-state index contributed by atoms with van der Waals surface area (Å²) in [6.45, 7) is 2.91. The molecule has 0 fully saturated rings. The lowest BCUT2D eigenvalue weighted by molar-refractivity contribution is -0.426. The molecule has 6 nitrogen and oxygen atoms in total. The molecule has 1 aromatic carbocycles. The number of nitrogens with one attached hydrogen (secondary N) is 1. The monoisotopic (exact) mass is 400 g/mol. The molecule has 0 aliphatic carbocycles. The SMILES string of the molecule is CCCCN1C(=O)C2SC=CC2=[N+](CC(=O)NCCCc2ccccc2)C1=O.